The van der Waals surface area contributed by atoms with Gasteiger partial charge in [0, 0.05) is 5.54 Å². The lowest BCUT2D eigenvalue weighted by Crippen LogP contribution is -2.53. The van der Waals surface area contributed by atoms with E-state index in [9.17, 15) is 14.4 Å². The molecule has 3 unspecified atom stereocenters. The molecule has 0 aromatic heterocycles. The van der Waals surface area contributed by atoms with Crippen molar-refractivity contribution in [2.75, 3.05) is 0 Å². The number of carbonyl (C=O) groups excluding carboxylic acids is 3. The fraction of sp³-hybridized carbons (Fsp3) is 0.654. The normalized spacial score (nSPS) is 16.6. The van der Waals surface area contributed by atoms with Gasteiger partial charge in [0.05, 0.1) is 0 Å². The first-order chi connectivity index (χ1) is 14.7. The van der Waals surface area contributed by atoms with Crippen molar-refractivity contribution in [3.63, 3.8) is 0 Å². The second kappa shape index (κ2) is 11.1. The molecule has 6 heteroatoms. The maximum atomic E-state index is 13.7. The lowest BCUT2D eigenvalue weighted by molar-refractivity contribution is -0.175. The topological polar surface area (TPSA) is 95.7 Å². The number of carbonyl (C=O) groups is 3. The van der Waals surface area contributed by atoms with Crippen LogP contribution in [0, 0.1) is 16.7 Å². The van der Waals surface area contributed by atoms with E-state index in [2.05, 4.69) is 0 Å². The zero-order chi connectivity index (χ0) is 24.7. The van der Waals surface area contributed by atoms with Crippen LogP contribution < -0.4 is 5.73 Å². The molecule has 3 atom stereocenters. The van der Waals surface area contributed by atoms with Crippen LogP contribution in [0.4, 0.5) is 0 Å². The first-order valence-corrected chi connectivity index (χ1v) is 11.5. The van der Waals surface area contributed by atoms with Gasteiger partial charge in [-0.15, -0.1) is 0 Å². The number of hydrogen-bond acceptors (Lipinski definition) is 6. The SMILES string of the molecule is CCC(C)(C(=O)OCc1ccccc1)C(=O)C(C)(CC)C(=O)OC(CC(C)C)C(C)(C)N. The van der Waals surface area contributed by atoms with Gasteiger partial charge < -0.3 is 15.2 Å². The number of rotatable bonds is 12. The molecule has 6 nitrogen and oxygen atoms in total. The van der Waals surface area contributed by atoms with Crippen molar-refractivity contribution in [1.82, 2.24) is 0 Å². The van der Waals surface area contributed by atoms with Crippen LogP contribution in [-0.4, -0.2) is 29.4 Å². The number of nitrogens with two attached hydrogens (primary N) is 1. The van der Waals surface area contributed by atoms with Crippen molar-refractivity contribution in [3.05, 3.63) is 35.9 Å². The van der Waals surface area contributed by atoms with E-state index < -0.39 is 40.2 Å². The molecule has 0 aliphatic heterocycles. The largest absolute Gasteiger partial charge is 0.460 e. The molecule has 0 fully saturated rings. The molecule has 0 saturated heterocycles. The van der Waals surface area contributed by atoms with E-state index in [-0.39, 0.29) is 25.4 Å². The first-order valence-electron chi connectivity index (χ1n) is 11.5. The molecule has 0 heterocycles. The number of benzene rings is 1. The van der Waals surface area contributed by atoms with Crippen molar-refractivity contribution < 1.29 is 23.9 Å². The summed E-state index contributed by atoms with van der Waals surface area (Å²) in [4.78, 5) is 40.0. The standard InChI is InChI=1S/C26H41NO5/c1-9-25(7,22(29)31-17-19-14-12-11-13-15-19)21(28)26(8,10-2)23(30)32-20(16-18(3)4)24(5,6)27/h11-15,18,20H,9-10,16-17,27H2,1-8H3. The van der Waals surface area contributed by atoms with Gasteiger partial charge in [-0.3, -0.25) is 14.4 Å². The summed E-state index contributed by atoms with van der Waals surface area (Å²) in [5.41, 5.74) is 3.36. The molecular weight excluding hydrogens is 406 g/mol. The third-order valence-corrected chi connectivity index (χ3v) is 6.29. The Bertz CT molecular complexity index is 783. The minimum Gasteiger partial charge on any atom is -0.460 e. The van der Waals surface area contributed by atoms with Crippen molar-refractivity contribution in [2.45, 2.75) is 92.9 Å². The van der Waals surface area contributed by atoms with Gasteiger partial charge in [0.2, 0.25) is 0 Å². The van der Waals surface area contributed by atoms with Gasteiger partial charge in [-0.05, 0) is 58.4 Å². The predicted molar refractivity (Wildman–Crippen MR) is 126 cm³/mol. The second-order valence-corrected chi connectivity index (χ2v) is 10.1. The maximum absolute atomic E-state index is 13.7. The number of esters is 2. The predicted octanol–water partition coefficient (Wildman–Crippen LogP) is 4.83. The molecule has 1 aromatic carbocycles. The fourth-order valence-electron chi connectivity index (χ4n) is 3.48. The molecule has 32 heavy (non-hydrogen) atoms. The number of Topliss-reactive ketones (excluding diaryl/α,β-unsaturated/α-hetero) is 1. The summed E-state index contributed by atoms with van der Waals surface area (Å²) in [5, 5.41) is 0. The summed E-state index contributed by atoms with van der Waals surface area (Å²) in [6.07, 6.45) is 0.436. The van der Waals surface area contributed by atoms with Crippen LogP contribution >= 0.6 is 0 Å². The van der Waals surface area contributed by atoms with Crippen molar-refractivity contribution in [1.29, 1.82) is 0 Å². The highest BCUT2D eigenvalue weighted by molar-refractivity contribution is 6.14. The van der Waals surface area contributed by atoms with Crippen LogP contribution in [-0.2, 0) is 30.5 Å². The number of hydrogen-bond donors (Lipinski definition) is 1. The first kappa shape index (κ1) is 27.8. The Morgan fingerprint density at radius 2 is 1.41 bits per heavy atom. The monoisotopic (exact) mass is 447 g/mol. The van der Waals surface area contributed by atoms with Crippen LogP contribution in [0.15, 0.2) is 30.3 Å². The Labute approximate surface area is 193 Å². The third-order valence-electron chi connectivity index (χ3n) is 6.29. The lowest BCUT2D eigenvalue weighted by Gasteiger charge is -2.37. The molecule has 0 amide bonds. The zero-order valence-corrected chi connectivity index (χ0v) is 21.0. The van der Waals surface area contributed by atoms with Gasteiger partial charge in [0.25, 0.3) is 0 Å². The molecule has 2 N–H and O–H groups in total. The summed E-state index contributed by atoms with van der Waals surface area (Å²) in [5.74, 6) is -1.52. The van der Waals surface area contributed by atoms with Crippen LogP contribution in [0.2, 0.25) is 0 Å². The highest BCUT2D eigenvalue weighted by Crippen LogP contribution is 2.38. The van der Waals surface area contributed by atoms with E-state index >= 15 is 0 Å². The van der Waals surface area contributed by atoms with E-state index in [1.54, 1.807) is 41.5 Å². The molecule has 180 valence electrons. The molecule has 0 aliphatic rings. The van der Waals surface area contributed by atoms with E-state index in [1.807, 2.05) is 44.2 Å². The number of ketones is 1. The van der Waals surface area contributed by atoms with E-state index in [0.29, 0.717) is 6.42 Å². The Balaban J connectivity index is 3.12. The molecule has 1 rings (SSSR count). The minimum absolute atomic E-state index is 0.0631. The minimum atomic E-state index is -1.49. The summed E-state index contributed by atoms with van der Waals surface area (Å²) in [7, 11) is 0. The molecular formula is C26H41NO5. The van der Waals surface area contributed by atoms with Crippen molar-refractivity contribution in [3.8, 4) is 0 Å². The summed E-state index contributed by atoms with van der Waals surface area (Å²) < 4.78 is 11.3. The van der Waals surface area contributed by atoms with E-state index in [4.69, 9.17) is 15.2 Å². The van der Waals surface area contributed by atoms with Crippen LogP contribution in [0.5, 0.6) is 0 Å². The average Bonchev–Trinajstić information content (AvgIpc) is 2.74. The Morgan fingerprint density at radius 3 is 1.84 bits per heavy atom. The second-order valence-electron chi connectivity index (χ2n) is 10.1. The lowest BCUT2D eigenvalue weighted by atomic mass is 9.68. The summed E-state index contributed by atoms with van der Waals surface area (Å²) in [6, 6.07) is 9.26. The Morgan fingerprint density at radius 1 is 0.906 bits per heavy atom. The zero-order valence-electron chi connectivity index (χ0n) is 21.0. The Hall–Kier alpha value is -2.21. The van der Waals surface area contributed by atoms with E-state index in [0.717, 1.165) is 5.56 Å². The average molecular weight is 448 g/mol. The molecule has 0 bridgehead atoms. The van der Waals surface area contributed by atoms with Gasteiger partial charge in [0.1, 0.15) is 23.5 Å². The highest BCUT2D eigenvalue weighted by atomic mass is 16.5. The van der Waals surface area contributed by atoms with Gasteiger partial charge in [-0.25, -0.2) is 0 Å². The molecule has 0 aliphatic carbocycles. The molecule has 0 saturated carbocycles. The fourth-order valence-corrected chi connectivity index (χ4v) is 3.48. The van der Waals surface area contributed by atoms with E-state index in [1.165, 1.54) is 0 Å². The van der Waals surface area contributed by atoms with Gasteiger partial charge in [-0.2, -0.15) is 0 Å². The summed E-state index contributed by atoms with van der Waals surface area (Å²) in [6.45, 7) is 14.3. The van der Waals surface area contributed by atoms with Gasteiger partial charge in [0.15, 0.2) is 5.78 Å². The van der Waals surface area contributed by atoms with Crippen LogP contribution in [0.3, 0.4) is 0 Å². The highest BCUT2D eigenvalue weighted by Gasteiger charge is 2.54. The smallest absolute Gasteiger partial charge is 0.319 e. The quantitative estimate of drug-likeness (QED) is 0.364. The van der Waals surface area contributed by atoms with Crippen LogP contribution in [0.25, 0.3) is 0 Å². The van der Waals surface area contributed by atoms with Crippen molar-refractivity contribution in [2.24, 2.45) is 22.5 Å². The van der Waals surface area contributed by atoms with Crippen LogP contribution in [0.1, 0.15) is 80.2 Å². The third kappa shape index (κ3) is 6.64. The Kier molecular flexibility index (Phi) is 9.64. The number of ether oxygens (including phenoxy) is 2. The molecule has 0 radical (unpaired) electrons. The van der Waals surface area contributed by atoms with Crippen molar-refractivity contribution >= 4 is 17.7 Å². The summed E-state index contributed by atoms with van der Waals surface area (Å²) >= 11 is 0. The van der Waals surface area contributed by atoms with Gasteiger partial charge >= 0.3 is 11.9 Å². The molecule has 1 aromatic rings. The molecule has 0 spiro atoms. The maximum Gasteiger partial charge on any atom is 0.319 e. The van der Waals surface area contributed by atoms with Gasteiger partial charge in [-0.1, -0.05) is 58.0 Å².